The maximum Gasteiger partial charge on any atom is 0.242 e. The van der Waals surface area contributed by atoms with Crippen molar-refractivity contribution in [3.63, 3.8) is 0 Å². The molecule has 0 radical (unpaired) electrons. The largest absolute Gasteiger partial charge is 0.456 e. The van der Waals surface area contributed by atoms with Crippen LogP contribution in [0.1, 0.15) is 5.56 Å². The van der Waals surface area contributed by atoms with E-state index < -0.39 is 0 Å². The van der Waals surface area contributed by atoms with Crippen molar-refractivity contribution in [2.75, 3.05) is 4.90 Å². The summed E-state index contributed by atoms with van der Waals surface area (Å²) in [6, 6.07) is 67.2. The molecule has 1 aliphatic heterocycles. The Kier molecular flexibility index (Phi) is 7.18. The monoisotopic (exact) mass is 703 g/mol. The summed E-state index contributed by atoms with van der Waals surface area (Å²) in [4.78, 5) is 2.30. The number of hydrogen-bond donors (Lipinski definition) is 0. The van der Waals surface area contributed by atoms with Gasteiger partial charge in [-0.2, -0.15) is 0 Å². The molecule has 55 heavy (non-hydrogen) atoms. The molecule has 0 bridgehead atoms. The van der Waals surface area contributed by atoms with E-state index in [-0.39, 0.29) is 6.71 Å². The average molecular weight is 704 g/mol. The van der Waals surface area contributed by atoms with Crippen LogP contribution in [-0.4, -0.2) is 6.71 Å². The van der Waals surface area contributed by atoms with Gasteiger partial charge in [0.15, 0.2) is 5.58 Å². The summed E-state index contributed by atoms with van der Waals surface area (Å²) in [5.41, 5.74) is 12.1. The van der Waals surface area contributed by atoms with Crippen molar-refractivity contribution in [2.24, 2.45) is 0 Å². The lowest BCUT2D eigenvalue weighted by molar-refractivity contribution is 0.487. The molecule has 0 atom stereocenters. The average Bonchev–Trinajstić information content (AvgIpc) is 3.62. The van der Waals surface area contributed by atoms with Gasteiger partial charge >= 0.3 is 0 Å². The molecule has 0 amide bonds. The highest BCUT2D eigenvalue weighted by atomic mass is 16.5. The number of benzene rings is 9. The highest BCUT2D eigenvalue weighted by Crippen LogP contribution is 2.50. The van der Waals surface area contributed by atoms with E-state index in [0.29, 0.717) is 0 Å². The first-order valence-electron chi connectivity index (χ1n) is 18.9. The molecule has 0 spiro atoms. The summed E-state index contributed by atoms with van der Waals surface area (Å²) in [6.07, 6.45) is 0. The molecule has 0 saturated heterocycles. The molecule has 1 aliphatic rings. The van der Waals surface area contributed by atoms with Gasteiger partial charge in [-0.05, 0) is 71.1 Å². The van der Waals surface area contributed by atoms with Crippen molar-refractivity contribution in [1.82, 2.24) is 0 Å². The van der Waals surface area contributed by atoms with Gasteiger partial charge in [0.05, 0.1) is 11.4 Å². The van der Waals surface area contributed by atoms with Gasteiger partial charge in [-0.1, -0.05) is 161 Å². The lowest BCUT2D eigenvalue weighted by atomic mass is 9.35. The summed E-state index contributed by atoms with van der Waals surface area (Å²) in [5.74, 6) is 1.69. The van der Waals surface area contributed by atoms with Crippen LogP contribution in [0.5, 0.6) is 11.5 Å². The Morgan fingerprint density at radius 3 is 2.09 bits per heavy atom. The van der Waals surface area contributed by atoms with Crippen molar-refractivity contribution in [1.29, 1.82) is 0 Å². The fourth-order valence-corrected chi connectivity index (χ4v) is 8.77. The number of hydrogen-bond acceptors (Lipinski definition) is 3. The van der Waals surface area contributed by atoms with E-state index in [1.807, 2.05) is 12.1 Å². The van der Waals surface area contributed by atoms with E-state index in [4.69, 9.17) is 9.15 Å². The third-order valence-electron chi connectivity index (χ3n) is 11.3. The molecule has 10 aromatic rings. The molecule has 4 heteroatoms. The number of furan rings is 1. The molecule has 9 aromatic carbocycles. The third-order valence-corrected chi connectivity index (χ3v) is 11.3. The van der Waals surface area contributed by atoms with Crippen LogP contribution >= 0.6 is 0 Å². The second-order valence-electron chi connectivity index (χ2n) is 14.5. The number of nitrogens with zero attached hydrogens (tertiary/aromatic N) is 1. The Balaban J connectivity index is 1.09. The van der Waals surface area contributed by atoms with E-state index in [2.05, 4.69) is 188 Å². The SMILES string of the molecule is Cc1ccccc1B(c1ccccc1)c1ccc2c3c(cccc13)Oc1cc(N(c3ccc4ccccc4c3)c3cccc4c3oc3ccccc34)ccc1-2. The molecule has 3 nitrogen and oxygen atoms in total. The first kappa shape index (κ1) is 31.5. The van der Waals surface area contributed by atoms with Crippen LogP contribution in [0.4, 0.5) is 17.1 Å². The van der Waals surface area contributed by atoms with Gasteiger partial charge in [-0.25, -0.2) is 0 Å². The highest BCUT2D eigenvalue weighted by Gasteiger charge is 2.29. The van der Waals surface area contributed by atoms with E-state index in [1.165, 1.54) is 43.7 Å². The fourth-order valence-electron chi connectivity index (χ4n) is 8.77. The molecule has 0 saturated carbocycles. The van der Waals surface area contributed by atoms with E-state index in [9.17, 15) is 0 Å². The van der Waals surface area contributed by atoms with Crippen LogP contribution in [0.3, 0.4) is 0 Å². The van der Waals surface area contributed by atoms with Crippen LogP contribution in [0.25, 0.3) is 54.6 Å². The Morgan fingerprint density at radius 2 is 1.18 bits per heavy atom. The van der Waals surface area contributed by atoms with Gasteiger partial charge in [0.2, 0.25) is 6.71 Å². The molecule has 258 valence electrons. The first-order valence-corrected chi connectivity index (χ1v) is 18.9. The first-order chi connectivity index (χ1) is 27.2. The van der Waals surface area contributed by atoms with Gasteiger partial charge in [0, 0.05) is 33.5 Å². The highest BCUT2D eigenvalue weighted by molar-refractivity contribution is 6.97. The number of fused-ring (bicyclic) bond motifs is 6. The second-order valence-corrected chi connectivity index (χ2v) is 14.5. The summed E-state index contributed by atoms with van der Waals surface area (Å²) >= 11 is 0. The van der Waals surface area contributed by atoms with Gasteiger partial charge in [0.25, 0.3) is 0 Å². The van der Waals surface area contributed by atoms with Crippen LogP contribution in [0, 0.1) is 6.92 Å². The minimum Gasteiger partial charge on any atom is -0.456 e. The topological polar surface area (TPSA) is 25.6 Å². The lowest BCUT2D eigenvalue weighted by Gasteiger charge is -2.29. The zero-order valence-corrected chi connectivity index (χ0v) is 30.2. The van der Waals surface area contributed by atoms with Crippen molar-refractivity contribution in [3.8, 4) is 22.6 Å². The van der Waals surface area contributed by atoms with Gasteiger partial charge < -0.3 is 14.1 Å². The molecule has 1 aromatic heterocycles. The Hall–Kier alpha value is -7.04. The van der Waals surface area contributed by atoms with Gasteiger partial charge in [-0.15, -0.1) is 0 Å². The van der Waals surface area contributed by atoms with Gasteiger partial charge in [-0.3, -0.25) is 0 Å². The normalized spacial score (nSPS) is 11.9. The van der Waals surface area contributed by atoms with Crippen LogP contribution < -0.4 is 26.0 Å². The standard InChI is InChI=1S/C51H34BNO2/c1-33-13-5-9-21-44(33)52(36-16-3-2-4-17-36)45-30-29-41-40-28-27-38(32-49(40)54-48-24-12-20-43(45)50(41)48)53(37-26-25-34-14-6-7-15-35(34)31-37)46-22-11-19-42-39-18-8-10-23-47(39)55-51(42)46/h2-32H,1H3. The quantitative estimate of drug-likeness (QED) is 0.161. The number of ether oxygens (including phenoxy) is 1. The molecule has 0 unspecified atom stereocenters. The van der Waals surface area contributed by atoms with Crippen LogP contribution in [-0.2, 0) is 0 Å². The van der Waals surface area contributed by atoms with E-state index in [0.717, 1.165) is 61.4 Å². The Bertz CT molecular complexity index is 3110. The number of rotatable bonds is 6. The van der Waals surface area contributed by atoms with Crippen molar-refractivity contribution < 1.29 is 9.15 Å². The molecule has 2 heterocycles. The minimum absolute atomic E-state index is 0.0759. The second kappa shape index (κ2) is 12.5. The minimum atomic E-state index is 0.0759. The summed E-state index contributed by atoms with van der Waals surface area (Å²) in [6.45, 7) is 2.29. The van der Waals surface area contributed by atoms with Gasteiger partial charge in [0.1, 0.15) is 17.1 Å². The smallest absolute Gasteiger partial charge is 0.242 e. The summed E-state index contributed by atoms with van der Waals surface area (Å²) in [7, 11) is 0. The third kappa shape index (κ3) is 5.06. The van der Waals surface area contributed by atoms with Crippen molar-refractivity contribution in [2.45, 2.75) is 6.92 Å². The summed E-state index contributed by atoms with van der Waals surface area (Å²) < 4.78 is 13.6. The predicted octanol–water partition coefficient (Wildman–Crippen LogP) is 12.0. The molecular weight excluding hydrogens is 669 g/mol. The molecular formula is C51H34BNO2. The van der Waals surface area contributed by atoms with E-state index in [1.54, 1.807) is 0 Å². The predicted molar refractivity (Wildman–Crippen MR) is 231 cm³/mol. The van der Waals surface area contributed by atoms with E-state index >= 15 is 0 Å². The van der Waals surface area contributed by atoms with Crippen molar-refractivity contribution in [3.05, 3.63) is 194 Å². The number of aryl methyl sites for hydroxylation is 1. The fraction of sp³-hybridized carbons (Fsp3) is 0.0196. The maximum absolute atomic E-state index is 6.94. The lowest BCUT2D eigenvalue weighted by Crippen LogP contribution is -2.53. The summed E-state index contributed by atoms with van der Waals surface area (Å²) in [5, 5.41) is 6.91. The maximum atomic E-state index is 6.94. The zero-order chi connectivity index (χ0) is 36.5. The zero-order valence-electron chi connectivity index (χ0n) is 30.2. The Labute approximate surface area is 319 Å². The number of para-hydroxylation sites is 2. The molecule has 11 rings (SSSR count). The Morgan fingerprint density at radius 1 is 0.473 bits per heavy atom. The molecule has 0 aliphatic carbocycles. The van der Waals surface area contributed by atoms with Crippen molar-refractivity contribution >= 4 is 83.6 Å². The van der Waals surface area contributed by atoms with Crippen LogP contribution in [0.2, 0.25) is 0 Å². The molecule has 0 fully saturated rings. The van der Waals surface area contributed by atoms with Crippen LogP contribution in [0.15, 0.2) is 192 Å². The molecule has 0 N–H and O–H groups in total. The number of anilines is 3.